The van der Waals surface area contributed by atoms with Crippen LogP contribution in [-0.2, 0) is 5.41 Å². The van der Waals surface area contributed by atoms with E-state index in [2.05, 4.69) is 49.7 Å². The molecule has 0 saturated heterocycles. The Kier molecular flexibility index (Phi) is 3.54. The minimum absolute atomic E-state index is 0.206. The lowest BCUT2D eigenvalue weighted by molar-refractivity contribution is 0.604. The zero-order valence-electron chi connectivity index (χ0n) is 11.2. The summed E-state index contributed by atoms with van der Waals surface area (Å²) in [7, 11) is 0. The van der Waals surface area contributed by atoms with Crippen LogP contribution < -0.4 is 0 Å². The highest BCUT2D eigenvalue weighted by Crippen LogP contribution is 2.28. The molecule has 0 amide bonds. The van der Waals surface area contributed by atoms with Crippen molar-refractivity contribution in [1.29, 1.82) is 0 Å². The molecule has 0 atom stereocenters. The lowest BCUT2D eigenvalue weighted by Crippen LogP contribution is -2.07. The Morgan fingerprint density at radius 1 is 1.11 bits per heavy atom. The number of nitrogens with zero attached hydrogens (tertiary/aromatic N) is 1. The van der Waals surface area contributed by atoms with Gasteiger partial charge in [-0.05, 0) is 36.6 Å². The molecule has 0 bridgehead atoms. The number of aryl methyl sites for hydroxylation is 1. The largest absolute Gasteiger partial charge is 0.262 e. The van der Waals surface area contributed by atoms with Gasteiger partial charge >= 0.3 is 0 Å². The van der Waals surface area contributed by atoms with Gasteiger partial charge in [-0.1, -0.05) is 32.6 Å². The second-order valence-electron chi connectivity index (χ2n) is 5.35. The number of aromatic nitrogens is 1. The van der Waals surface area contributed by atoms with Gasteiger partial charge in [0.2, 0.25) is 0 Å². The number of hydrogen-bond donors (Lipinski definition) is 0. The summed E-state index contributed by atoms with van der Waals surface area (Å²) in [6, 6.07) is 8.22. The van der Waals surface area contributed by atoms with Crippen molar-refractivity contribution in [2.75, 3.05) is 0 Å². The summed E-state index contributed by atoms with van der Waals surface area (Å²) >= 11 is 1.77. The van der Waals surface area contributed by atoms with Crippen molar-refractivity contribution < 1.29 is 0 Å². The molecule has 0 radical (unpaired) electrons. The molecule has 2 aromatic heterocycles. The normalized spacial score (nSPS) is 10.9. The van der Waals surface area contributed by atoms with Gasteiger partial charge < -0.3 is 0 Å². The standard InChI is InChI=1S/C16H17NS/c1-12-11-13(9-10-17-12)5-6-14-7-8-15(18-14)16(2,3)4/h7-11H,1-4H3. The second kappa shape index (κ2) is 4.96. The average Bonchev–Trinajstić information content (AvgIpc) is 2.74. The van der Waals surface area contributed by atoms with Gasteiger partial charge in [-0.15, -0.1) is 11.3 Å². The van der Waals surface area contributed by atoms with Crippen molar-refractivity contribution in [3.05, 3.63) is 51.5 Å². The summed E-state index contributed by atoms with van der Waals surface area (Å²) in [5.41, 5.74) is 2.23. The highest BCUT2D eigenvalue weighted by Gasteiger charge is 2.15. The third-order valence-corrected chi connectivity index (χ3v) is 4.00. The highest BCUT2D eigenvalue weighted by molar-refractivity contribution is 7.12. The fourth-order valence-corrected chi connectivity index (χ4v) is 2.48. The molecule has 0 aliphatic carbocycles. The van der Waals surface area contributed by atoms with Gasteiger partial charge in [-0.25, -0.2) is 0 Å². The molecule has 0 N–H and O–H groups in total. The summed E-state index contributed by atoms with van der Waals surface area (Å²) in [5.74, 6) is 6.41. The Hall–Kier alpha value is -1.59. The van der Waals surface area contributed by atoms with Crippen LogP contribution in [0.1, 0.15) is 41.8 Å². The second-order valence-corrected chi connectivity index (χ2v) is 6.43. The molecule has 1 nitrogen and oxygen atoms in total. The third kappa shape index (κ3) is 3.21. The van der Waals surface area contributed by atoms with Gasteiger partial charge in [0.15, 0.2) is 0 Å². The van der Waals surface area contributed by atoms with Gasteiger partial charge in [-0.2, -0.15) is 0 Å². The molecule has 2 rings (SSSR count). The molecule has 0 aromatic carbocycles. The van der Waals surface area contributed by atoms with Crippen LogP contribution in [0.25, 0.3) is 0 Å². The van der Waals surface area contributed by atoms with Gasteiger partial charge in [0, 0.05) is 22.3 Å². The van der Waals surface area contributed by atoms with Crippen molar-refractivity contribution in [1.82, 2.24) is 4.98 Å². The molecular weight excluding hydrogens is 238 g/mol. The maximum absolute atomic E-state index is 4.17. The van der Waals surface area contributed by atoms with Gasteiger partial charge in [0.1, 0.15) is 0 Å². The number of thiophene rings is 1. The summed E-state index contributed by atoms with van der Waals surface area (Å²) in [5, 5.41) is 0. The van der Waals surface area contributed by atoms with E-state index >= 15 is 0 Å². The minimum atomic E-state index is 0.206. The summed E-state index contributed by atoms with van der Waals surface area (Å²) in [6.45, 7) is 8.65. The molecule has 0 aliphatic heterocycles. The Bertz CT molecular complexity index is 606. The fraction of sp³-hybridized carbons (Fsp3) is 0.312. The van der Waals surface area contributed by atoms with Crippen LogP contribution >= 0.6 is 11.3 Å². The van der Waals surface area contributed by atoms with Crippen molar-refractivity contribution in [2.24, 2.45) is 0 Å². The van der Waals surface area contributed by atoms with E-state index in [0.717, 1.165) is 16.1 Å². The van der Waals surface area contributed by atoms with E-state index in [9.17, 15) is 0 Å². The van der Waals surface area contributed by atoms with Crippen LogP contribution in [0.4, 0.5) is 0 Å². The predicted molar refractivity (Wildman–Crippen MR) is 78.0 cm³/mol. The number of pyridine rings is 1. The SMILES string of the molecule is Cc1cc(C#Cc2ccc(C(C)(C)C)s2)ccn1. The number of rotatable bonds is 0. The van der Waals surface area contributed by atoms with Gasteiger partial charge in [-0.3, -0.25) is 4.98 Å². The van der Waals surface area contributed by atoms with Crippen molar-refractivity contribution in [2.45, 2.75) is 33.1 Å². The van der Waals surface area contributed by atoms with Crippen LogP contribution in [0.15, 0.2) is 30.5 Å². The Morgan fingerprint density at radius 2 is 1.89 bits per heavy atom. The first-order valence-electron chi connectivity index (χ1n) is 6.00. The molecule has 0 unspecified atom stereocenters. The fourth-order valence-electron chi connectivity index (χ4n) is 1.57. The molecule has 0 saturated carbocycles. The monoisotopic (exact) mass is 255 g/mol. The molecule has 92 valence electrons. The lowest BCUT2D eigenvalue weighted by atomic mass is 9.95. The van der Waals surface area contributed by atoms with Crippen molar-refractivity contribution in [3.63, 3.8) is 0 Å². The van der Waals surface area contributed by atoms with E-state index in [0.29, 0.717) is 0 Å². The summed E-state index contributed by atoms with van der Waals surface area (Å²) in [6.07, 6.45) is 1.80. The maximum atomic E-state index is 4.17. The first kappa shape index (κ1) is 12.9. The summed E-state index contributed by atoms with van der Waals surface area (Å²) in [4.78, 5) is 6.66. The lowest BCUT2D eigenvalue weighted by Gasteiger charge is -2.14. The van der Waals surface area contributed by atoms with E-state index in [4.69, 9.17) is 0 Å². The van der Waals surface area contributed by atoms with Gasteiger partial charge in [0.05, 0.1) is 4.88 Å². The minimum Gasteiger partial charge on any atom is -0.262 e. The Morgan fingerprint density at radius 3 is 2.50 bits per heavy atom. The van der Waals surface area contributed by atoms with Crippen LogP contribution in [0.2, 0.25) is 0 Å². The Labute approximate surface area is 113 Å². The predicted octanol–water partition coefficient (Wildman–Crippen LogP) is 4.15. The van der Waals surface area contributed by atoms with E-state index in [-0.39, 0.29) is 5.41 Å². The molecule has 2 aromatic rings. The van der Waals surface area contributed by atoms with E-state index in [1.54, 1.807) is 17.5 Å². The smallest absolute Gasteiger partial charge is 0.0775 e. The summed E-state index contributed by atoms with van der Waals surface area (Å²) < 4.78 is 0. The topological polar surface area (TPSA) is 12.9 Å². The van der Waals surface area contributed by atoms with Crippen molar-refractivity contribution >= 4 is 11.3 Å². The zero-order valence-corrected chi connectivity index (χ0v) is 12.1. The molecule has 0 aliphatic rings. The zero-order chi connectivity index (χ0) is 13.2. The average molecular weight is 255 g/mol. The molecule has 0 spiro atoms. The molecule has 18 heavy (non-hydrogen) atoms. The maximum Gasteiger partial charge on any atom is 0.0775 e. The molecular formula is C16H17NS. The molecule has 2 heterocycles. The van der Waals surface area contributed by atoms with Crippen LogP contribution in [-0.4, -0.2) is 4.98 Å². The van der Waals surface area contributed by atoms with Crippen LogP contribution in [0, 0.1) is 18.8 Å². The van der Waals surface area contributed by atoms with E-state index < -0.39 is 0 Å². The first-order chi connectivity index (χ1) is 8.45. The van der Waals surface area contributed by atoms with E-state index in [1.807, 2.05) is 19.1 Å². The molecule has 2 heteroatoms. The Balaban J connectivity index is 2.23. The molecule has 0 fully saturated rings. The van der Waals surface area contributed by atoms with E-state index in [1.165, 1.54) is 4.88 Å². The highest BCUT2D eigenvalue weighted by atomic mass is 32.1. The van der Waals surface area contributed by atoms with Gasteiger partial charge in [0.25, 0.3) is 0 Å². The van der Waals surface area contributed by atoms with Crippen molar-refractivity contribution in [3.8, 4) is 11.8 Å². The van der Waals surface area contributed by atoms with Crippen LogP contribution in [0.5, 0.6) is 0 Å². The third-order valence-electron chi connectivity index (χ3n) is 2.57. The van der Waals surface area contributed by atoms with Crippen LogP contribution in [0.3, 0.4) is 0 Å². The number of hydrogen-bond acceptors (Lipinski definition) is 2. The first-order valence-corrected chi connectivity index (χ1v) is 6.82. The quantitative estimate of drug-likeness (QED) is 0.644.